The molecule has 2 nitrogen and oxygen atoms in total. The van der Waals surface area contributed by atoms with Gasteiger partial charge in [-0.3, -0.25) is 0 Å². The van der Waals surface area contributed by atoms with Crippen LogP contribution in [0.4, 0.5) is 0 Å². The summed E-state index contributed by atoms with van der Waals surface area (Å²) in [5.74, 6) is 2.67. The summed E-state index contributed by atoms with van der Waals surface area (Å²) in [6, 6.07) is 2.27. The van der Waals surface area contributed by atoms with Crippen LogP contribution in [0.3, 0.4) is 0 Å². The average molecular weight is 270 g/mol. The molecule has 0 spiro atoms. The van der Waals surface area contributed by atoms with Crippen LogP contribution in [0.25, 0.3) is 0 Å². The summed E-state index contributed by atoms with van der Waals surface area (Å²) in [7, 11) is 0. The smallest absolute Gasteiger partial charge is 0.173 e. The molecule has 1 aromatic rings. The van der Waals surface area contributed by atoms with E-state index in [1.165, 1.54) is 0 Å². The van der Waals surface area contributed by atoms with E-state index in [4.69, 9.17) is 10.8 Å². The van der Waals surface area contributed by atoms with Crippen LogP contribution in [0, 0.1) is 12.3 Å². The van der Waals surface area contributed by atoms with Crippen LogP contribution in [-0.4, -0.2) is 6.54 Å². The molecule has 1 unspecified atom stereocenters. The first-order chi connectivity index (χ1) is 7.29. The molecule has 1 N–H and O–H groups in total. The molecule has 3 heteroatoms. The number of rotatable bonds is 6. The maximum absolute atomic E-state index is 5.28. The number of hydrogen-bond donors (Lipinski definition) is 1. The summed E-state index contributed by atoms with van der Waals surface area (Å²) < 4.78 is 6.03. The Bertz CT molecular complexity index is 327. The molecule has 15 heavy (non-hydrogen) atoms. The van der Waals surface area contributed by atoms with Crippen molar-refractivity contribution in [2.24, 2.45) is 0 Å². The number of halogens is 1. The number of furan rings is 1. The standard InChI is InChI=1S/C12H16BrNO/c1-3-5-6-11(14-8-4-2)10-7-9-15-12(10)13/h1,7,9,11,14H,4-6,8H2,2H3. The fraction of sp³-hybridized carbons (Fsp3) is 0.500. The molecular weight excluding hydrogens is 254 g/mol. The molecular formula is C12H16BrNO. The SMILES string of the molecule is C#CCCC(NCCC)c1ccoc1Br. The zero-order valence-corrected chi connectivity index (χ0v) is 10.5. The predicted octanol–water partition coefficient (Wildman–Crippen LogP) is 3.50. The van der Waals surface area contributed by atoms with Crippen molar-refractivity contribution in [1.82, 2.24) is 5.32 Å². The summed E-state index contributed by atoms with van der Waals surface area (Å²) in [6.07, 6.45) is 9.80. The van der Waals surface area contributed by atoms with Gasteiger partial charge in [-0.05, 0) is 41.4 Å². The molecule has 0 fully saturated rings. The molecule has 0 bridgehead atoms. The van der Waals surface area contributed by atoms with Gasteiger partial charge in [0.15, 0.2) is 4.67 Å². The van der Waals surface area contributed by atoms with E-state index in [-0.39, 0.29) is 6.04 Å². The quantitative estimate of drug-likeness (QED) is 0.800. The largest absolute Gasteiger partial charge is 0.457 e. The lowest BCUT2D eigenvalue weighted by Gasteiger charge is -2.16. The Morgan fingerprint density at radius 1 is 1.67 bits per heavy atom. The Morgan fingerprint density at radius 2 is 2.47 bits per heavy atom. The molecule has 1 atom stereocenters. The summed E-state index contributed by atoms with van der Waals surface area (Å²) in [4.78, 5) is 0. The van der Waals surface area contributed by atoms with Crippen molar-refractivity contribution >= 4 is 15.9 Å². The normalized spacial score (nSPS) is 12.3. The minimum absolute atomic E-state index is 0.286. The predicted molar refractivity (Wildman–Crippen MR) is 65.5 cm³/mol. The van der Waals surface area contributed by atoms with Crippen LogP contribution < -0.4 is 5.32 Å². The van der Waals surface area contributed by atoms with Crippen molar-refractivity contribution in [3.05, 3.63) is 22.6 Å². The molecule has 0 aliphatic carbocycles. The fourth-order valence-corrected chi connectivity index (χ4v) is 1.98. The Morgan fingerprint density at radius 3 is 3.00 bits per heavy atom. The average Bonchev–Trinajstić information content (AvgIpc) is 2.65. The first-order valence-electron chi connectivity index (χ1n) is 5.19. The Balaban J connectivity index is 2.63. The minimum Gasteiger partial charge on any atom is -0.457 e. The number of terminal acetylenes is 1. The monoisotopic (exact) mass is 269 g/mol. The second-order valence-corrected chi connectivity index (χ2v) is 4.12. The molecule has 0 radical (unpaired) electrons. The molecule has 1 rings (SSSR count). The van der Waals surface area contributed by atoms with Crippen LogP contribution >= 0.6 is 15.9 Å². The highest BCUT2D eigenvalue weighted by atomic mass is 79.9. The van der Waals surface area contributed by atoms with Crippen LogP contribution in [0.1, 0.15) is 37.8 Å². The Hall–Kier alpha value is -0.720. The molecule has 82 valence electrons. The van der Waals surface area contributed by atoms with Crippen LogP contribution in [0.2, 0.25) is 0 Å². The van der Waals surface area contributed by atoms with E-state index in [0.717, 1.165) is 36.0 Å². The summed E-state index contributed by atoms with van der Waals surface area (Å²) in [5, 5.41) is 3.46. The van der Waals surface area contributed by atoms with Crippen molar-refractivity contribution in [2.45, 2.75) is 32.2 Å². The highest BCUT2D eigenvalue weighted by Gasteiger charge is 2.14. The lowest BCUT2D eigenvalue weighted by molar-refractivity contribution is 0.483. The second kappa shape index (κ2) is 6.71. The van der Waals surface area contributed by atoms with Gasteiger partial charge in [0.05, 0.1) is 6.26 Å². The maximum Gasteiger partial charge on any atom is 0.173 e. The highest BCUT2D eigenvalue weighted by molar-refractivity contribution is 9.10. The third kappa shape index (κ3) is 3.73. The van der Waals surface area contributed by atoms with Crippen molar-refractivity contribution in [1.29, 1.82) is 0 Å². The summed E-state index contributed by atoms with van der Waals surface area (Å²) in [6.45, 7) is 3.14. The van der Waals surface area contributed by atoms with Gasteiger partial charge in [-0.15, -0.1) is 12.3 Å². The van der Waals surface area contributed by atoms with Gasteiger partial charge >= 0.3 is 0 Å². The third-order valence-electron chi connectivity index (χ3n) is 2.24. The van der Waals surface area contributed by atoms with Crippen molar-refractivity contribution < 1.29 is 4.42 Å². The Labute approximate surface area is 99.6 Å². The zero-order chi connectivity index (χ0) is 11.1. The van der Waals surface area contributed by atoms with E-state index in [2.05, 4.69) is 34.1 Å². The van der Waals surface area contributed by atoms with Gasteiger partial charge < -0.3 is 9.73 Å². The van der Waals surface area contributed by atoms with Gasteiger partial charge in [0, 0.05) is 18.0 Å². The highest BCUT2D eigenvalue weighted by Crippen LogP contribution is 2.27. The summed E-state index contributed by atoms with van der Waals surface area (Å²) >= 11 is 3.39. The molecule has 0 aliphatic rings. The van der Waals surface area contributed by atoms with Gasteiger partial charge in [0.2, 0.25) is 0 Å². The van der Waals surface area contributed by atoms with E-state index in [0.29, 0.717) is 0 Å². The van der Waals surface area contributed by atoms with E-state index in [1.54, 1.807) is 6.26 Å². The van der Waals surface area contributed by atoms with E-state index >= 15 is 0 Å². The topological polar surface area (TPSA) is 25.2 Å². The number of nitrogens with one attached hydrogen (secondary N) is 1. The maximum atomic E-state index is 5.28. The molecule has 1 heterocycles. The molecule has 0 aliphatic heterocycles. The van der Waals surface area contributed by atoms with Crippen LogP contribution in [-0.2, 0) is 0 Å². The van der Waals surface area contributed by atoms with E-state index in [1.807, 2.05) is 6.07 Å². The van der Waals surface area contributed by atoms with Crippen molar-refractivity contribution in [3.8, 4) is 12.3 Å². The van der Waals surface area contributed by atoms with Gasteiger partial charge in [-0.1, -0.05) is 6.92 Å². The molecule has 0 saturated carbocycles. The minimum atomic E-state index is 0.286. The first-order valence-corrected chi connectivity index (χ1v) is 5.98. The van der Waals surface area contributed by atoms with E-state index in [9.17, 15) is 0 Å². The van der Waals surface area contributed by atoms with Crippen LogP contribution in [0.5, 0.6) is 0 Å². The first kappa shape index (κ1) is 12.4. The van der Waals surface area contributed by atoms with Gasteiger partial charge in [0.1, 0.15) is 0 Å². The molecule has 0 amide bonds. The van der Waals surface area contributed by atoms with Gasteiger partial charge in [0.25, 0.3) is 0 Å². The van der Waals surface area contributed by atoms with E-state index < -0.39 is 0 Å². The summed E-state index contributed by atoms with van der Waals surface area (Å²) in [5.41, 5.74) is 1.15. The third-order valence-corrected chi connectivity index (χ3v) is 2.88. The van der Waals surface area contributed by atoms with Gasteiger partial charge in [-0.2, -0.15) is 0 Å². The lowest BCUT2D eigenvalue weighted by atomic mass is 10.1. The molecule has 0 aromatic carbocycles. The van der Waals surface area contributed by atoms with Crippen molar-refractivity contribution in [2.75, 3.05) is 6.54 Å². The second-order valence-electron chi connectivity index (χ2n) is 3.40. The van der Waals surface area contributed by atoms with Crippen LogP contribution in [0.15, 0.2) is 21.4 Å². The zero-order valence-electron chi connectivity index (χ0n) is 8.92. The number of hydrogen-bond acceptors (Lipinski definition) is 2. The molecule has 1 aromatic heterocycles. The molecule has 0 saturated heterocycles. The Kier molecular flexibility index (Phi) is 5.52. The fourth-order valence-electron chi connectivity index (χ4n) is 1.47. The van der Waals surface area contributed by atoms with Gasteiger partial charge in [-0.25, -0.2) is 0 Å². The lowest BCUT2D eigenvalue weighted by Crippen LogP contribution is -2.21. The van der Waals surface area contributed by atoms with Crippen molar-refractivity contribution in [3.63, 3.8) is 0 Å².